The molecule has 5 nitrogen and oxygen atoms in total. The van der Waals surface area contributed by atoms with Crippen LogP contribution in [-0.4, -0.2) is 47.3 Å². The number of carbonyl (C=O) groups excluding carboxylic acids is 1. The molecule has 0 spiro atoms. The van der Waals surface area contributed by atoms with Gasteiger partial charge in [0.05, 0.1) is 5.56 Å². The first-order valence-corrected chi connectivity index (χ1v) is 8.24. The van der Waals surface area contributed by atoms with Crippen LogP contribution in [0.4, 0.5) is 23.8 Å². The average molecular weight is 380 g/mol. The summed E-state index contributed by atoms with van der Waals surface area (Å²) in [6.07, 6.45) is -5.01. The van der Waals surface area contributed by atoms with E-state index in [4.69, 9.17) is 16.3 Å². The summed E-state index contributed by atoms with van der Waals surface area (Å²) in [6.45, 7) is 7.69. The van der Waals surface area contributed by atoms with E-state index in [-0.39, 0.29) is 36.6 Å². The fourth-order valence-corrected chi connectivity index (χ4v) is 2.77. The SMILES string of the molecule is C[C@H]1CN(c2nc(Cl)ccc2C(F)(F)F)CCN1C(=O)OC(C)(C)C. The van der Waals surface area contributed by atoms with E-state index in [0.29, 0.717) is 0 Å². The van der Waals surface area contributed by atoms with Crippen molar-refractivity contribution in [3.05, 3.63) is 22.8 Å². The minimum Gasteiger partial charge on any atom is -0.444 e. The van der Waals surface area contributed by atoms with Crippen molar-refractivity contribution in [2.24, 2.45) is 0 Å². The van der Waals surface area contributed by atoms with Gasteiger partial charge in [0.25, 0.3) is 0 Å². The molecule has 1 aliphatic heterocycles. The Hall–Kier alpha value is -1.70. The molecule has 1 amide bonds. The van der Waals surface area contributed by atoms with Crippen molar-refractivity contribution in [3.8, 4) is 0 Å². The molecule has 1 aliphatic rings. The first-order valence-electron chi connectivity index (χ1n) is 7.87. The molecule has 0 bridgehead atoms. The summed E-state index contributed by atoms with van der Waals surface area (Å²) in [5, 5.41) is -0.00905. The van der Waals surface area contributed by atoms with Gasteiger partial charge >= 0.3 is 12.3 Å². The van der Waals surface area contributed by atoms with Gasteiger partial charge < -0.3 is 14.5 Å². The zero-order valence-corrected chi connectivity index (χ0v) is 15.3. The van der Waals surface area contributed by atoms with Gasteiger partial charge in [-0.1, -0.05) is 11.6 Å². The summed E-state index contributed by atoms with van der Waals surface area (Å²) in [4.78, 5) is 19.1. The van der Waals surface area contributed by atoms with Crippen molar-refractivity contribution >= 4 is 23.5 Å². The number of alkyl halides is 3. The van der Waals surface area contributed by atoms with Gasteiger partial charge in [-0.15, -0.1) is 0 Å². The normalized spacial score (nSPS) is 19.1. The number of ether oxygens (including phenoxy) is 1. The quantitative estimate of drug-likeness (QED) is 0.686. The summed E-state index contributed by atoms with van der Waals surface area (Å²) in [7, 11) is 0. The fourth-order valence-electron chi connectivity index (χ4n) is 2.63. The Morgan fingerprint density at radius 1 is 1.28 bits per heavy atom. The van der Waals surface area contributed by atoms with Gasteiger partial charge in [-0.3, -0.25) is 0 Å². The van der Waals surface area contributed by atoms with Gasteiger partial charge in [-0.25, -0.2) is 9.78 Å². The minimum atomic E-state index is -4.53. The van der Waals surface area contributed by atoms with Gasteiger partial charge in [-0.2, -0.15) is 13.2 Å². The number of pyridine rings is 1. The molecule has 0 radical (unpaired) electrons. The molecule has 1 aromatic rings. The molecule has 0 aliphatic carbocycles. The van der Waals surface area contributed by atoms with E-state index in [1.165, 1.54) is 9.80 Å². The van der Waals surface area contributed by atoms with Gasteiger partial charge in [0.2, 0.25) is 0 Å². The van der Waals surface area contributed by atoms with Crippen LogP contribution in [0.3, 0.4) is 0 Å². The van der Waals surface area contributed by atoms with Crippen LogP contribution < -0.4 is 4.90 Å². The standard InChI is InChI=1S/C16H21ClF3N3O2/c1-10-9-22(7-8-23(10)14(24)25-15(2,3)4)13-11(16(18,19)20)5-6-12(17)21-13/h5-6,10H,7-9H2,1-4H3/t10-/m0/s1. The Kier molecular flexibility index (Phi) is 5.41. The van der Waals surface area contributed by atoms with Crippen LogP contribution in [0.2, 0.25) is 5.15 Å². The number of halogens is 4. The number of rotatable bonds is 1. The largest absolute Gasteiger partial charge is 0.444 e. The van der Waals surface area contributed by atoms with E-state index < -0.39 is 23.4 Å². The number of carbonyl (C=O) groups is 1. The molecule has 140 valence electrons. The van der Waals surface area contributed by atoms with E-state index >= 15 is 0 Å². The van der Waals surface area contributed by atoms with Crippen molar-refractivity contribution in [1.82, 2.24) is 9.88 Å². The highest BCUT2D eigenvalue weighted by atomic mass is 35.5. The lowest BCUT2D eigenvalue weighted by Crippen LogP contribution is -2.55. The Labute approximate surface area is 149 Å². The van der Waals surface area contributed by atoms with Crippen LogP contribution in [0.25, 0.3) is 0 Å². The topological polar surface area (TPSA) is 45.7 Å². The highest BCUT2D eigenvalue weighted by molar-refractivity contribution is 6.29. The second-order valence-corrected chi connectivity index (χ2v) is 7.36. The maximum absolute atomic E-state index is 13.2. The molecule has 1 aromatic heterocycles. The highest BCUT2D eigenvalue weighted by Gasteiger charge is 2.38. The molecule has 2 rings (SSSR count). The summed E-state index contributed by atoms with van der Waals surface area (Å²) < 4.78 is 45.0. The summed E-state index contributed by atoms with van der Waals surface area (Å²) in [5.41, 5.74) is -1.47. The number of aromatic nitrogens is 1. The molecule has 0 aromatic carbocycles. The Balaban J connectivity index is 2.19. The molecule has 0 saturated carbocycles. The van der Waals surface area contributed by atoms with Crippen molar-refractivity contribution in [1.29, 1.82) is 0 Å². The molecule has 1 saturated heterocycles. The Morgan fingerprint density at radius 3 is 2.44 bits per heavy atom. The van der Waals surface area contributed by atoms with E-state index in [9.17, 15) is 18.0 Å². The van der Waals surface area contributed by atoms with Crippen LogP contribution in [0.5, 0.6) is 0 Å². The van der Waals surface area contributed by atoms with Crippen molar-refractivity contribution in [3.63, 3.8) is 0 Å². The Bertz CT molecular complexity index is 646. The van der Waals surface area contributed by atoms with Gasteiger partial charge in [0.1, 0.15) is 16.6 Å². The summed E-state index contributed by atoms with van der Waals surface area (Å²) >= 11 is 5.78. The maximum atomic E-state index is 13.2. The van der Waals surface area contributed by atoms with Gasteiger partial charge in [0, 0.05) is 25.7 Å². The van der Waals surface area contributed by atoms with Crippen LogP contribution in [0, 0.1) is 0 Å². The van der Waals surface area contributed by atoms with Crippen molar-refractivity contribution in [2.75, 3.05) is 24.5 Å². The molecule has 25 heavy (non-hydrogen) atoms. The molecule has 2 heterocycles. The lowest BCUT2D eigenvalue weighted by atomic mass is 10.1. The average Bonchev–Trinajstić information content (AvgIpc) is 2.43. The predicted molar refractivity (Wildman–Crippen MR) is 88.9 cm³/mol. The molecular weight excluding hydrogens is 359 g/mol. The van der Waals surface area contributed by atoms with Crippen LogP contribution in [0.15, 0.2) is 12.1 Å². The number of nitrogens with zero attached hydrogens (tertiary/aromatic N) is 3. The second kappa shape index (κ2) is 6.90. The zero-order chi connectivity index (χ0) is 19.0. The third-order valence-electron chi connectivity index (χ3n) is 3.70. The third-order valence-corrected chi connectivity index (χ3v) is 3.91. The molecule has 9 heteroatoms. The minimum absolute atomic E-state index is 0.00905. The van der Waals surface area contributed by atoms with Crippen molar-refractivity contribution < 1.29 is 22.7 Å². The number of hydrogen-bond acceptors (Lipinski definition) is 4. The van der Waals surface area contributed by atoms with Gasteiger partial charge in [0.15, 0.2) is 0 Å². The van der Waals surface area contributed by atoms with Crippen LogP contribution >= 0.6 is 11.6 Å². The fraction of sp³-hybridized carbons (Fsp3) is 0.625. The van der Waals surface area contributed by atoms with E-state index in [1.54, 1.807) is 27.7 Å². The third kappa shape index (κ3) is 4.90. The first kappa shape index (κ1) is 19.6. The number of piperazine rings is 1. The summed E-state index contributed by atoms with van der Waals surface area (Å²) in [6, 6.07) is 1.72. The van der Waals surface area contributed by atoms with Crippen LogP contribution in [0.1, 0.15) is 33.3 Å². The number of hydrogen-bond donors (Lipinski definition) is 0. The van der Waals surface area contributed by atoms with E-state index in [2.05, 4.69) is 4.98 Å². The van der Waals surface area contributed by atoms with E-state index in [0.717, 1.165) is 12.1 Å². The monoisotopic (exact) mass is 379 g/mol. The molecule has 0 unspecified atom stereocenters. The molecular formula is C16H21ClF3N3O2. The van der Waals surface area contributed by atoms with Crippen LogP contribution in [-0.2, 0) is 10.9 Å². The molecule has 1 fully saturated rings. The number of amides is 1. The summed E-state index contributed by atoms with van der Waals surface area (Å²) in [5.74, 6) is -0.212. The zero-order valence-electron chi connectivity index (χ0n) is 14.5. The molecule has 0 N–H and O–H groups in total. The predicted octanol–water partition coefficient (Wildman–Crippen LogP) is 4.20. The first-order chi connectivity index (χ1) is 11.4. The number of anilines is 1. The van der Waals surface area contributed by atoms with Gasteiger partial charge in [-0.05, 0) is 39.8 Å². The molecule has 1 atom stereocenters. The smallest absolute Gasteiger partial charge is 0.419 e. The van der Waals surface area contributed by atoms with Crippen molar-refractivity contribution in [2.45, 2.75) is 45.5 Å². The Morgan fingerprint density at radius 2 is 1.92 bits per heavy atom. The lowest BCUT2D eigenvalue weighted by molar-refractivity contribution is -0.137. The second-order valence-electron chi connectivity index (χ2n) is 6.97. The lowest BCUT2D eigenvalue weighted by Gasteiger charge is -2.41. The maximum Gasteiger partial charge on any atom is 0.419 e. The van der Waals surface area contributed by atoms with E-state index in [1.807, 2.05) is 0 Å². The highest BCUT2D eigenvalue weighted by Crippen LogP contribution is 2.37.